The number of thiophene rings is 1. The summed E-state index contributed by atoms with van der Waals surface area (Å²) in [5.74, 6) is 0. The lowest BCUT2D eigenvalue weighted by Crippen LogP contribution is -2.14. The van der Waals surface area contributed by atoms with E-state index in [-0.39, 0.29) is 10.9 Å². The van der Waals surface area contributed by atoms with Crippen molar-refractivity contribution in [3.05, 3.63) is 53.5 Å². The van der Waals surface area contributed by atoms with Gasteiger partial charge in [-0.2, -0.15) is 5.10 Å². The fourth-order valence-corrected chi connectivity index (χ4v) is 4.59. The van der Waals surface area contributed by atoms with Crippen LogP contribution in [0.15, 0.2) is 52.9 Å². The fourth-order valence-electron chi connectivity index (χ4n) is 2.55. The summed E-state index contributed by atoms with van der Waals surface area (Å²) >= 11 is 1.48. The van der Waals surface area contributed by atoms with Crippen LogP contribution in [-0.2, 0) is 16.4 Å². The SMILES string of the molecule is CCc1ccccc1NS(=O)(=O)c1cn(C(C)C)nc1-c1cccs1. The first-order valence-electron chi connectivity index (χ1n) is 8.16. The van der Waals surface area contributed by atoms with E-state index < -0.39 is 10.0 Å². The Hall–Kier alpha value is -2.12. The van der Waals surface area contributed by atoms with E-state index in [0.717, 1.165) is 16.9 Å². The highest BCUT2D eigenvalue weighted by Crippen LogP contribution is 2.32. The summed E-state index contributed by atoms with van der Waals surface area (Å²) in [6, 6.07) is 11.3. The molecule has 5 nitrogen and oxygen atoms in total. The number of aryl methyl sites for hydroxylation is 1. The van der Waals surface area contributed by atoms with Gasteiger partial charge in [0.2, 0.25) is 0 Å². The Morgan fingerprint density at radius 2 is 1.96 bits per heavy atom. The molecule has 1 N–H and O–H groups in total. The highest BCUT2D eigenvalue weighted by Gasteiger charge is 2.25. The molecule has 3 rings (SSSR count). The van der Waals surface area contributed by atoms with Gasteiger partial charge in [-0.05, 0) is 43.3 Å². The Morgan fingerprint density at radius 3 is 2.60 bits per heavy atom. The highest BCUT2D eigenvalue weighted by molar-refractivity contribution is 7.92. The molecule has 7 heteroatoms. The third-order valence-corrected chi connectivity index (χ3v) is 6.16. The molecule has 1 aromatic carbocycles. The number of nitrogens with zero attached hydrogens (tertiary/aromatic N) is 2. The van der Waals surface area contributed by atoms with Crippen molar-refractivity contribution in [1.29, 1.82) is 0 Å². The molecular weight excluding hydrogens is 354 g/mol. The lowest BCUT2D eigenvalue weighted by atomic mass is 10.1. The van der Waals surface area contributed by atoms with Gasteiger partial charge in [-0.15, -0.1) is 11.3 Å². The monoisotopic (exact) mass is 375 g/mol. The number of anilines is 1. The molecule has 0 fully saturated rings. The van der Waals surface area contributed by atoms with E-state index in [4.69, 9.17) is 0 Å². The summed E-state index contributed by atoms with van der Waals surface area (Å²) in [7, 11) is -3.74. The number of hydrogen-bond donors (Lipinski definition) is 1. The van der Waals surface area contributed by atoms with E-state index in [1.807, 2.05) is 56.5 Å². The first-order valence-corrected chi connectivity index (χ1v) is 10.5. The maximum atomic E-state index is 13.1. The van der Waals surface area contributed by atoms with Crippen LogP contribution in [0.4, 0.5) is 5.69 Å². The van der Waals surface area contributed by atoms with Crippen LogP contribution in [0.1, 0.15) is 32.4 Å². The van der Waals surface area contributed by atoms with Gasteiger partial charge in [0, 0.05) is 12.2 Å². The fraction of sp³-hybridized carbons (Fsp3) is 0.278. The number of aromatic nitrogens is 2. The van der Waals surface area contributed by atoms with Crippen molar-refractivity contribution in [3.63, 3.8) is 0 Å². The van der Waals surface area contributed by atoms with Gasteiger partial charge in [-0.1, -0.05) is 31.2 Å². The average Bonchev–Trinajstić information content (AvgIpc) is 3.24. The lowest BCUT2D eigenvalue weighted by Gasteiger charge is -2.11. The van der Waals surface area contributed by atoms with Crippen LogP contribution in [0.5, 0.6) is 0 Å². The van der Waals surface area contributed by atoms with Gasteiger partial charge in [-0.25, -0.2) is 8.42 Å². The Morgan fingerprint density at radius 1 is 1.20 bits per heavy atom. The van der Waals surface area contributed by atoms with Gasteiger partial charge in [0.25, 0.3) is 10.0 Å². The van der Waals surface area contributed by atoms with Crippen molar-refractivity contribution in [2.45, 2.75) is 38.1 Å². The molecular formula is C18H21N3O2S2. The van der Waals surface area contributed by atoms with E-state index in [1.54, 1.807) is 16.9 Å². The van der Waals surface area contributed by atoms with Crippen molar-refractivity contribution in [2.75, 3.05) is 4.72 Å². The van der Waals surface area contributed by atoms with Crippen molar-refractivity contribution >= 4 is 27.0 Å². The molecule has 0 aliphatic rings. The topological polar surface area (TPSA) is 64.0 Å². The summed E-state index contributed by atoms with van der Waals surface area (Å²) in [4.78, 5) is 1.04. The van der Waals surface area contributed by atoms with Crippen LogP contribution in [0.3, 0.4) is 0 Å². The smallest absolute Gasteiger partial charge is 0.265 e. The third kappa shape index (κ3) is 3.62. The van der Waals surface area contributed by atoms with E-state index in [9.17, 15) is 8.42 Å². The normalized spacial score (nSPS) is 11.8. The molecule has 2 heterocycles. The maximum absolute atomic E-state index is 13.1. The quantitative estimate of drug-likeness (QED) is 0.687. The number of sulfonamides is 1. The van der Waals surface area contributed by atoms with Crippen LogP contribution >= 0.6 is 11.3 Å². The Labute approximate surface area is 152 Å². The number of rotatable bonds is 6. The Kier molecular flexibility index (Phi) is 4.96. The predicted octanol–water partition coefficient (Wildman–Crippen LogP) is 4.56. The second-order valence-corrected chi connectivity index (χ2v) is 8.61. The number of hydrogen-bond acceptors (Lipinski definition) is 4. The summed E-state index contributed by atoms with van der Waals surface area (Å²) < 4.78 is 30.5. The summed E-state index contributed by atoms with van der Waals surface area (Å²) in [5.41, 5.74) is 2.06. The minimum atomic E-state index is -3.74. The van der Waals surface area contributed by atoms with Crippen LogP contribution in [0, 0.1) is 0 Å². The molecule has 0 unspecified atom stereocenters. The van der Waals surface area contributed by atoms with Crippen molar-refractivity contribution < 1.29 is 8.42 Å². The van der Waals surface area contributed by atoms with Crippen molar-refractivity contribution in [3.8, 4) is 10.6 Å². The minimum absolute atomic E-state index is 0.0746. The molecule has 2 aromatic heterocycles. The molecule has 0 aliphatic carbocycles. The lowest BCUT2D eigenvalue weighted by molar-refractivity contribution is 0.532. The van der Waals surface area contributed by atoms with E-state index in [1.165, 1.54) is 11.3 Å². The van der Waals surface area contributed by atoms with Crippen LogP contribution in [0.2, 0.25) is 0 Å². The zero-order chi connectivity index (χ0) is 18.0. The molecule has 0 radical (unpaired) electrons. The zero-order valence-electron chi connectivity index (χ0n) is 14.4. The molecule has 3 aromatic rings. The molecule has 132 valence electrons. The third-order valence-electron chi connectivity index (χ3n) is 3.91. The average molecular weight is 376 g/mol. The van der Waals surface area contributed by atoms with Gasteiger partial charge in [0.1, 0.15) is 10.6 Å². The van der Waals surface area contributed by atoms with Crippen LogP contribution in [0.25, 0.3) is 10.6 Å². The summed E-state index contributed by atoms with van der Waals surface area (Å²) in [6.07, 6.45) is 2.36. The molecule has 0 atom stereocenters. The van der Waals surface area contributed by atoms with Crippen molar-refractivity contribution in [2.24, 2.45) is 0 Å². The van der Waals surface area contributed by atoms with Crippen LogP contribution < -0.4 is 4.72 Å². The van der Waals surface area contributed by atoms with Crippen molar-refractivity contribution in [1.82, 2.24) is 9.78 Å². The maximum Gasteiger partial charge on any atom is 0.265 e. The van der Waals surface area contributed by atoms with E-state index in [0.29, 0.717) is 11.4 Å². The van der Waals surface area contributed by atoms with E-state index >= 15 is 0 Å². The number of para-hydroxylation sites is 1. The Bertz CT molecular complexity index is 958. The first-order chi connectivity index (χ1) is 11.9. The number of nitrogens with one attached hydrogen (secondary N) is 1. The second-order valence-electron chi connectivity index (χ2n) is 6.01. The first kappa shape index (κ1) is 17.7. The van der Waals surface area contributed by atoms with Gasteiger partial charge in [0.15, 0.2) is 0 Å². The standard InChI is InChI=1S/C18H21N3O2S2/c1-4-14-8-5-6-9-15(14)20-25(22,23)17-12-21(13(2)3)19-18(17)16-10-7-11-24-16/h5-13,20H,4H2,1-3H3. The summed E-state index contributed by atoms with van der Waals surface area (Å²) in [5, 5.41) is 6.43. The van der Waals surface area contributed by atoms with E-state index in [2.05, 4.69) is 9.82 Å². The van der Waals surface area contributed by atoms with Gasteiger partial charge in [-0.3, -0.25) is 9.40 Å². The molecule has 0 saturated carbocycles. The molecule has 0 amide bonds. The zero-order valence-corrected chi connectivity index (χ0v) is 16.1. The van der Waals surface area contributed by atoms with Gasteiger partial charge in [0.05, 0.1) is 10.6 Å². The predicted molar refractivity (Wildman–Crippen MR) is 103 cm³/mol. The van der Waals surface area contributed by atoms with Gasteiger partial charge < -0.3 is 0 Å². The molecule has 25 heavy (non-hydrogen) atoms. The molecule has 0 bridgehead atoms. The largest absolute Gasteiger partial charge is 0.279 e. The number of benzene rings is 1. The summed E-state index contributed by atoms with van der Waals surface area (Å²) in [6.45, 7) is 5.95. The van der Waals surface area contributed by atoms with Gasteiger partial charge >= 0.3 is 0 Å². The second kappa shape index (κ2) is 7.01. The Balaban J connectivity index is 2.08. The molecule has 0 aliphatic heterocycles. The minimum Gasteiger partial charge on any atom is -0.279 e. The van der Waals surface area contributed by atoms with Crippen LogP contribution in [-0.4, -0.2) is 18.2 Å². The highest BCUT2D eigenvalue weighted by atomic mass is 32.2. The molecule has 0 saturated heterocycles. The molecule has 0 spiro atoms.